The fourth-order valence-electron chi connectivity index (χ4n) is 1.03. The first-order valence-electron chi connectivity index (χ1n) is 3.67. The molecule has 0 saturated heterocycles. The lowest BCUT2D eigenvalue weighted by atomic mass is 10.1. The number of alkyl halides is 2. The fourth-order valence-corrected chi connectivity index (χ4v) is 1.67. The number of carbonyl (C=O) groups excluding carboxylic acids is 1. The minimum atomic E-state index is -3.07. The first-order chi connectivity index (χ1) is 7.36. The van der Waals surface area contributed by atoms with E-state index >= 15 is 0 Å². The Morgan fingerprint density at radius 1 is 1.62 bits per heavy atom. The molecule has 0 spiro atoms. The second kappa shape index (κ2) is 4.79. The van der Waals surface area contributed by atoms with Gasteiger partial charge in [-0.05, 0) is 27.5 Å². The van der Waals surface area contributed by atoms with Crippen LogP contribution in [0.15, 0.2) is 10.8 Å². The summed E-state index contributed by atoms with van der Waals surface area (Å²) in [7, 11) is 0. The van der Waals surface area contributed by atoms with E-state index in [1.54, 1.807) is 0 Å². The van der Waals surface area contributed by atoms with Crippen molar-refractivity contribution in [2.75, 3.05) is 0 Å². The summed E-state index contributed by atoms with van der Waals surface area (Å²) in [4.78, 5) is 23.9. The Bertz CT molecular complexity index is 469. The van der Waals surface area contributed by atoms with Gasteiger partial charge in [0.1, 0.15) is 5.56 Å². The van der Waals surface area contributed by atoms with Crippen LogP contribution in [0.25, 0.3) is 0 Å². The number of halogens is 4. The summed E-state index contributed by atoms with van der Waals surface area (Å²) in [5, 5.41) is 9.27. The molecule has 0 saturated carbocycles. The van der Waals surface area contributed by atoms with Gasteiger partial charge in [0.05, 0.1) is 10.5 Å². The molecule has 0 amide bonds. The van der Waals surface area contributed by atoms with Crippen LogP contribution in [0.5, 0.6) is 0 Å². The molecular formula is C7H2BrClF2N2O3. The minimum absolute atomic E-state index is 0.328. The number of nitrogens with zero attached hydrogens (tertiary/aromatic N) is 2. The monoisotopic (exact) mass is 314 g/mol. The number of rotatable bonds is 3. The maximum absolute atomic E-state index is 12.5. The maximum atomic E-state index is 12.5. The molecule has 0 aliphatic carbocycles. The van der Waals surface area contributed by atoms with Gasteiger partial charge in [-0.25, -0.2) is 13.8 Å². The first-order valence-corrected chi connectivity index (χ1v) is 4.84. The lowest BCUT2D eigenvalue weighted by Gasteiger charge is -2.05. The fraction of sp³-hybridized carbons (Fsp3) is 0.143. The number of hydrogen-bond donors (Lipinski definition) is 0. The molecule has 0 N–H and O–H groups in total. The second-order valence-corrected chi connectivity index (χ2v) is 3.65. The van der Waals surface area contributed by atoms with Gasteiger partial charge >= 0.3 is 5.69 Å². The van der Waals surface area contributed by atoms with Gasteiger partial charge in [0, 0.05) is 6.20 Å². The molecule has 16 heavy (non-hydrogen) atoms. The number of hydrogen-bond acceptors (Lipinski definition) is 4. The van der Waals surface area contributed by atoms with E-state index in [1.165, 1.54) is 0 Å². The highest BCUT2D eigenvalue weighted by atomic mass is 79.9. The second-order valence-electron chi connectivity index (χ2n) is 2.56. The Morgan fingerprint density at radius 2 is 2.19 bits per heavy atom. The van der Waals surface area contributed by atoms with Crippen LogP contribution in [0, 0.1) is 10.1 Å². The van der Waals surface area contributed by atoms with E-state index in [4.69, 9.17) is 11.6 Å². The molecular weight excluding hydrogens is 313 g/mol. The van der Waals surface area contributed by atoms with E-state index in [0.29, 0.717) is 6.20 Å². The summed E-state index contributed by atoms with van der Waals surface area (Å²) < 4.78 is 24.6. The first kappa shape index (κ1) is 12.9. The molecule has 9 heteroatoms. The van der Waals surface area contributed by atoms with Crippen LogP contribution in [0.3, 0.4) is 0 Å². The zero-order chi connectivity index (χ0) is 12.5. The number of aromatic nitrogens is 1. The lowest BCUT2D eigenvalue weighted by Crippen LogP contribution is -2.06. The third-order valence-corrected chi connectivity index (χ3v) is 2.42. The predicted octanol–water partition coefficient (Wildman–Crippen LogP) is 3.07. The molecule has 0 atom stereocenters. The molecule has 0 bridgehead atoms. The molecule has 1 heterocycles. The standard InChI is InChI=1S/C7H2BrClF2N2O3/c8-5-4(13(15)16)3(6(9)14)2(1-12-5)7(10)11/h1,7H. The molecule has 1 aromatic rings. The summed E-state index contributed by atoms with van der Waals surface area (Å²) in [5.74, 6) is 0. The molecule has 0 aromatic carbocycles. The maximum Gasteiger partial charge on any atom is 0.314 e. The van der Waals surface area contributed by atoms with Crippen molar-refractivity contribution in [1.82, 2.24) is 4.98 Å². The van der Waals surface area contributed by atoms with Crippen LogP contribution in [0.4, 0.5) is 14.5 Å². The topological polar surface area (TPSA) is 73.1 Å². The van der Waals surface area contributed by atoms with Crippen LogP contribution in [-0.4, -0.2) is 15.1 Å². The van der Waals surface area contributed by atoms with Gasteiger partial charge in [-0.2, -0.15) is 0 Å². The molecule has 0 aliphatic rings. The highest BCUT2D eigenvalue weighted by Crippen LogP contribution is 2.34. The summed E-state index contributed by atoms with van der Waals surface area (Å²) in [6, 6.07) is 0. The van der Waals surface area contributed by atoms with Crippen molar-refractivity contribution in [3.8, 4) is 0 Å². The van der Waals surface area contributed by atoms with E-state index in [2.05, 4.69) is 20.9 Å². The van der Waals surface area contributed by atoms with Crippen molar-refractivity contribution in [3.05, 3.63) is 32.0 Å². The number of carbonyl (C=O) groups is 1. The number of nitro groups is 1. The smallest absolute Gasteiger partial charge is 0.275 e. The Balaban J connectivity index is 3.63. The van der Waals surface area contributed by atoms with Gasteiger partial charge in [-0.15, -0.1) is 0 Å². The van der Waals surface area contributed by atoms with Gasteiger partial charge in [-0.1, -0.05) is 0 Å². The van der Waals surface area contributed by atoms with Gasteiger partial charge in [-0.3, -0.25) is 14.9 Å². The Labute approximate surface area is 101 Å². The molecule has 0 fully saturated rings. The van der Waals surface area contributed by atoms with Gasteiger partial charge < -0.3 is 0 Å². The minimum Gasteiger partial charge on any atom is -0.275 e. The van der Waals surface area contributed by atoms with Gasteiger partial charge in [0.2, 0.25) is 0 Å². The van der Waals surface area contributed by atoms with Crippen molar-refractivity contribution in [2.24, 2.45) is 0 Å². The molecule has 1 aromatic heterocycles. The van der Waals surface area contributed by atoms with Crippen molar-refractivity contribution in [3.63, 3.8) is 0 Å². The summed E-state index contributed by atoms with van der Waals surface area (Å²) >= 11 is 7.74. The van der Waals surface area contributed by atoms with Gasteiger partial charge in [0.15, 0.2) is 4.60 Å². The average Bonchev–Trinajstić information content (AvgIpc) is 2.15. The third-order valence-electron chi connectivity index (χ3n) is 1.65. The van der Waals surface area contributed by atoms with Crippen molar-refractivity contribution in [1.29, 1.82) is 0 Å². The zero-order valence-electron chi connectivity index (χ0n) is 7.29. The quantitative estimate of drug-likeness (QED) is 0.372. The Hall–Kier alpha value is -1.15. The highest BCUT2D eigenvalue weighted by molar-refractivity contribution is 9.10. The van der Waals surface area contributed by atoms with E-state index < -0.39 is 33.4 Å². The zero-order valence-corrected chi connectivity index (χ0v) is 9.63. The van der Waals surface area contributed by atoms with E-state index in [-0.39, 0.29) is 4.60 Å². The summed E-state index contributed by atoms with van der Waals surface area (Å²) in [6.07, 6.45) is -2.41. The average molecular weight is 315 g/mol. The van der Waals surface area contributed by atoms with Crippen LogP contribution in [0.1, 0.15) is 22.3 Å². The molecule has 0 aliphatic heterocycles. The molecule has 0 radical (unpaired) electrons. The third kappa shape index (κ3) is 2.33. The van der Waals surface area contributed by atoms with Crippen LogP contribution in [0.2, 0.25) is 0 Å². The van der Waals surface area contributed by atoms with Crippen LogP contribution >= 0.6 is 27.5 Å². The predicted molar refractivity (Wildman–Crippen MR) is 53.7 cm³/mol. The van der Waals surface area contributed by atoms with Crippen molar-refractivity contribution < 1.29 is 18.5 Å². The highest BCUT2D eigenvalue weighted by Gasteiger charge is 2.30. The van der Waals surface area contributed by atoms with E-state index in [0.717, 1.165) is 0 Å². The van der Waals surface area contributed by atoms with Gasteiger partial charge in [0.25, 0.3) is 11.7 Å². The van der Waals surface area contributed by atoms with Crippen molar-refractivity contribution >= 4 is 38.5 Å². The SMILES string of the molecule is O=C(Cl)c1c(C(F)F)cnc(Br)c1[N+](=O)[O-]. The Kier molecular flexibility index (Phi) is 3.87. The lowest BCUT2D eigenvalue weighted by molar-refractivity contribution is -0.386. The van der Waals surface area contributed by atoms with Crippen LogP contribution < -0.4 is 0 Å². The largest absolute Gasteiger partial charge is 0.314 e. The van der Waals surface area contributed by atoms with Crippen LogP contribution in [-0.2, 0) is 0 Å². The summed E-state index contributed by atoms with van der Waals surface area (Å²) in [6.45, 7) is 0. The normalized spacial score (nSPS) is 10.6. The summed E-state index contributed by atoms with van der Waals surface area (Å²) in [5.41, 5.74) is -2.57. The molecule has 0 unspecified atom stereocenters. The Morgan fingerprint density at radius 3 is 2.56 bits per heavy atom. The van der Waals surface area contributed by atoms with Crippen molar-refractivity contribution in [2.45, 2.75) is 6.43 Å². The number of pyridine rings is 1. The molecule has 5 nitrogen and oxygen atoms in total. The van der Waals surface area contributed by atoms with E-state index in [9.17, 15) is 23.7 Å². The van der Waals surface area contributed by atoms with E-state index in [1.807, 2.05) is 0 Å². The molecule has 1 rings (SSSR count). The molecule has 86 valence electrons.